The minimum Gasteiger partial charge on any atom is -0.497 e. The fraction of sp³-hybridized carbons (Fsp3) is 0.667. The van der Waals surface area contributed by atoms with Crippen LogP contribution in [0.15, 0.2) is 24.3 Å². The fourth-order valence-electron chi connectivity index (χ4n) is 4.32. The van der Waals surface area contributed by atoms with Gasteiger partial charge >= 0.3 is 0 Å². The molecule has 0 aromatic heterocycles. The van der Waals surface area contributed by atoms with E-state index in [4.69, 9.17) is 18.9 Å². The number of ether oxygens (including phenoxy) is 4. The lowest BCUT2D eigenvalue weighted by Crippen LogP contribution is -2.71. The molecule has 2 bridgehead atoms. The summed E-state index contributed by atoms with van der Waals surface area (Å²) < 4.78 is 22.9. The maximum Gasteiger partial charge on any atom is 0.186 e. The van der Waals surface area contributed by atoms with E-state index in [9.17, 15) is 5.11 Å². The lowest BCUT2D eigenvalue weighted by molar-refractivity contribution is -0.279. The monoisotopic (exact) mass is 398 g/mol. The average molecular weight is 399 g/mol. The van der Waals surface area contributed by atoms with Crippen molar-refractivity contribution in [2.75, 3.05) is 20.3 Å². The molecule has 24 heavy (non-hydrogen) atoms. The highest BCUT2D eigenvalue weighted by atomic mass is 79.9. The summed E-state index contributed by atoms with van der Waals surface area (Å²) in [6.07, 6.45) is 1.70. The second kappa shape index (κ2) is 6.25. The molecule has 3 aliphatic carbocycles. The van der Waals surface area contributed by atoms with Crippen LogP contribution in [0.5, 0.6) is 5.75 Å². The predicted octanol–water partition coefficient (Wildman–Crippen LogP) is 2.63. The summed E-state index contributed by atoms with van der Waals surface area (Å²) >= 11 is 3.87. The van der Waals surface area contributed by atoms with Gasteiger partial charge in [0.05, 0.1) is 33.0 Å². The van der Waals surface area contributed by atoms with Gasteiger partial charge in [-0.2, -0.15) is 0 Å². The van der Waals surface area contributed by atoms with Crippen LogP contribution in [-0.4, -0.2) is 47.7 Å². The van der Waals surface area contributed by atoms with Crippen LogP contribution in [0.1, 0.15) is 24.8 Å². The third kappa shape index (κ3) is 2.51. The van der Waals surface area contributed by atoms with E-state index >= 15 is 0 Å². The number of aliphatic hydroxyl groups excluding tert-OH is 1. The van der Waals surface area contributed by atoms with Gasteiger partial charge in [0, 0.05) is 6.42 Å². The maximum absolute atomic E-state index is 10.7. The summed E-state index contributed by atoms with van der Waals surface area (Å²) in [6.45, 7) is 1.63. The predicted molar refractivity (Wildman–Crippen MR) is 91.2 cm³/mol. The van der Waals surface area contributed by atoms with Crippen molar-refractivity contribution in [3.05, 3.63) is 29.8 Å². The molecule has 6 heteroatoms. The van der Waals surface area contributed by atoms with E-state index in [1.807, 2.05) is 24.3 Å². The number of methoxy groups -OCH3 is 1. The summed E-state index contributed by atoms with van der Waals surface area (Å²) in [6, 6.07) is 7.78. The molecule has 4 aliphatic rings. The topological polar surface area (TPSA) is 57.2 Å². The van der Waals surface area contributed by atoms with E-state index in [0.717, 1.165) is 30.6 Å². The Hall–Kier alpha value is -0.660. The Morgan fingerprint density at radius 1 is 1.25 bits per heavy atom. The SMILES string of the molecule is COc1ccc(CO[C@H]2[C@@H](O)[C@H]3CC[C@]2(Br)C2(C3)OCCO2)cc1. The number of aliphatic hydroxyl groups is 1. The highest BCUT2D eigenvalue weighted by Gasteiger charge is 2.68. The minimum atomic E-state index is -0.667. The number of benzene rings is 1. The van der Waals surface area contributed by atoms with Crippen LogP contribution in [-0.2, 0) is 20.8 Å². The van der Waals surface area contributed by atoms with Gasteiger partial charge in [-0.15, -0.1) is 0 Å². The molecule has 1 heterocycles. The number of fused-ring (bicyclic) bond motifs is 2. The molecule has 4 fully saturated rings. The Morgan fingerprint density at radius 3 is 2.62 bits per heavy atom. The number of halogens is 1. The van der Waals surface area contributed by atoms with Gasteiger partial charge in [0.15, 0.2) is 5.79 Å². The van der Waals surface area contributed by atoms with E-state index in [2.05, 4.69) is 15.9 Å². The van der Waals surface area contributed by atoms with E-state index in [1.54, 1.807) is 7.11 Å². The molecule has 5 nitrogen and oxygen atoms in total. The quantitative estimate of drug-likeness (QED) is 0.789. The Balaban J connectivity index is 1.52. The molecule has 1 saturated heterocycles. The second-order valence-electron chi connectivity index (χ2n) is 6.89. The van der Waals surface area contributed by atoms with E-state index < -0.39 is 16.2 Å². The van der Waals surface area contributed by atoms with E-state index in [0.29, 0.717) is 19.8 Å². The summed E-state index contributed by atoms with van der Waals surface area (Å²) in [5, 5.41) is 10.7. The van der Waals surface area contributed by atoms with Crippen molar-refractivity contribution >= 4 is 15.9 Å². The van der Waals surface area contributed by atoms with Crippen LogP contribution in [0.3, 0.4) is 0 Å². The van der Waals surface area contributed by atoms with Gasteiger partial charge in [-0.25, -0.2) is 0 Å². The zero-order valence-electron chi connectivity index (χ0n) is 13.7. The molecule has 0 radical (unpaired) electrons. The number of hydrogen-bond donors (Lipinski definition) is 1. The van der Waals surface area contributed by atoms with Crippen LogP contribution >= 0.6 is 15.9 Å². The van der Waals surface area contributed by atoms with Gasteiger partial charge in [-0.3, -0.25) is 0 Å². The normalized spacial score (nSPS) is 37.0. The molecule has 4 atom stereocenters. The summed E-state index contributed by atoms with van der Waals surface area (Å²) in [4.78, 5) is 0. The molecule has 132 valence electrons. The van der Waals surface area contributed by atoms with Gasteiger partial charge < -0.3 is 24.1 Å². The number of hydrogen-bond acceptors (Lipinski definition) is 5. The van der Waals surface area contributed by atoms with Gasteiger partial charge in [-0.05, 0) is 36.5 Å². The number of alkyl halides is 1. The van der Waals surface area contributed by atoms with Crippen LogP contribution in [0, 0.1) is 5.92 Å². The molecule has 3 saturated carbocycles. The van der Waals surface area contributed by atoms with Crippen molar-refractivity contribution < 1.29 is 24.1 Å². The van der Waals surface area contributed by atoms with Crippen LogP contribution in [0.4, 0.5) is 0 Å². The third-order valence-electron chi connectivity index (χ3n) is 5.63. The van der Waals surface area contributed by atoms with Crippen LogP contribution in [0.2, 0.25) is 0 Å². The molecule has 1 aromatic rings. The highest BCUT2D eigenvalue weighted by Crippen LogP contribution is 2.59. The molecule has 5 rings (SSSR count). The highest BCUT2D eigenvalue weighted by molar-refractivity contribution is 9.10. The summed E-state index contributed by atoms with van der Waals surface area (Å²) in [7, 11) is 1.65. The first-order valence-electron chi connectivity index (χ1n) is 8.47. The smallest absolute Gasteiger partial charge is 0.186 e. The molecule has 1 aromatic carbocycles. The molecular formula is C18H23BrO5. The zero-order valence-corrected chi connectivity index (χ0v) is 15.3. The Bertz CT molecular complexity index is 586. The van der Waals surface area contributed by atoms with Crippen molar-refractivity contribution in [3.8, 4) is 5.75 Å². The fourth-order valence-corrected chi connectivity index (χ4v) is 5.34. The Kier molecular flexibility index (Phi) is 4.37. The first kappa shape index (κ1) is 16.8. The van der Waals surface area contributed by atoms with Crippen molar-refractivity contribution in [1.82, 2.24) is 0 Å². The van der Waals surface area contributed by atoms with Crippen molar-refractivity contribution in [2.24, 2.45) is 5.92 Å². The van der Waals surface area contributed by atoms with Crippen LogP contribution in [0.25, 0.3) is 0 Å². The standard InChI is InChI=1S/C18H23BrO5/c1-21-14-4-2-12(3-5-14)11-22-16-15(20)13-6-7-17(16,19)18(10-13)23-8-9-24-18/h2-5,13,15-16,20H,6-11H2,1H3/t13-,15-,16-,17+/m0/s1. The molecular weight excluding hydrogens is 376 g/mol. The zero-order chi connectivity index (χ0) is 16.8. The molecule has 1 spiro atoms. The minimum absolute atomic E-state index is 0.156. The van der Waals surface area contributed by atoms with Crippen molar-refractivity contribution in [2.45, 2.75) is 48.2 Å². The molecule has 0 unspecified atom stereocenters. The Labute approximate surface area is 150 Å². The van der Waals surface area contributed by atoms with Gasteiger partial charge in [0.25, 0.3) is 0 Å². The lowest BCUT2D eigenvalue weighted by atomic mass is 9.63. The van der Waals surface area contributed by atoms with Gasteiger partial charge in [0.2, 0.25) is 0 Å². The van der Waals surface area contributed by atoms with Gasteiger partial charge in [-0.1, -0.05) is 28.1 Å². The van der Waals surface area contributed by atoms with E-state index in [-0.39, 0.29) is 12.0 Å². The summed E-state index contributed by atoms with van der Waals surface area (Å²) in [5.74, 6) is 0.308. The first-order valence-corrected chi connectivity index (χ1v) is 9.27. The second-order valence-corrected chi connectivity index (χ2v) is 8.30. The number of rotatable bonds is 4. The first-order chi connectivity index (χ1) is 11.6. The Morgan fingerprint density at radius 2 is 1.96 bits per heavy atom. The molecule has 1 aliphatic heterocycles. The average Bonchev–Trinajstić information content (AvgIpc) is 3.06. The molecule has 0 amide bonds. The maximum atomic E-state index is 10.7. The largest absolute Gasteiger partial charge is 0.497 e. The lowest BCUT2D eigenvalue weighted by Gasteiger charge is -2.59. The van der Waals surface area contributed by atoms with Crippen molar-refractivity contribution in [1.29, 1.82) is 0 Å². The van der Waals surface area contributed by atoms with E-state index in [1.165, 1.54) is 0 Å². The summed E-state index contributed by atoms with van der Waals surface area (Å²) in [5.41, 5.74) is 1.04. The van der Waals surface area contributed by atoms with Crippen LogP contribution < -0.4 is 4.74 Å². The van der Waals surface area contributed by atoms with Gasteiger partial charge in [0.1, 0.15) is 16.2 Å². The van der Waals surface area contributed by atoms with Crippen molar-refractivity contribution in [3.63, 3.8) is 0 Å². The molecule has 1 N–H and O–H groups in total. The third-order valence-corrected chi connectivity index (χ3v) is 7.08.